The zero-order chi connectivity index (χ0) is 26.8. The van der Waals surface area contributed by atoms with Crippen LogP contribution < -0.4 is 4.43 Å². The fourth-order valence-corrected chi connectivity index (χ4v) is 11.6. The topological polar surface area (TPSA) is 52.9 Å². The van der Waals surface area contributed by atoms with Crippen molar-refractivity contribution in [3.8, 4) is 5.75 Å². The van der Waals surface area contributed by atoms with Gasteiger partial charge in [-0.2, -0.15) is 0 Å². The predicted molar refractivity (Wildman–Crippen MR) is 149 cm³/mol. The van der Waals surface area contributed by atoms with E-state index in [2.05, 4.69) is 65.5 Å². The molecule has 1 aliphatic rings. The van der Waals surface area contributed by atoms with E-state index in [0.29, 0.717) is 54.7 Å². The summed E-state index contributed by atoms with van der Waals surface area (Å²) in [5, 5.41) is 22.3. The third kappa shape index (κ3) is 5.88. The molecule has 0 amide bonds. The van der Waals surface area contributed by atoms with Gasteiger partial charge < -0.3 is 19.5 Å². The van der Waals surface area contributed by atoms with Crippen molar-refractivity contribution < 1.29 is 19.0 Å². The Labute approximate surface area is 218 Å². The molecule has 2 N–H and O–H groups in total. The van der Waals surface area contributed by atoms with Crippen molar-refractivity contribution in [2.24, 2.45) is 0 Å². The molecule has 4 nitrogen and oxygen atoms in total. The molecule has 0 aliphatic carbocycles. The van der Waals surface area contributed by atoms with Crippen LogP contribution in [0.1, 0.15) is 82.7 Å². The Morgan fingerprint density at radius 2 is 1.53 bits per heavy atom. The number of aliphatic hydroxyl groups excluding tert-OH is 1. The van der Waals surface area contributed by atoms with E-state index in [1.165, 1.54) is 12.1 Å². The third-order valence-electron chi connectivity index (χ3n) is 8.39. The van der Waals surface area contributed by atoms with Crippen LogP contribution in [0.2, 0.25) is 16.6 Å². The van der Waals surface area contributed by atoms with Gasteiger partial charge in [-0.15, -0.1) is 0 Å². The number of hydrogen-bond acceptors (Lipinski definition) is 4. The van der Waals surface area contributed by atoms with Crippen LogP contribution in [0, 0.1) is 19.7 Å². The zero-order valence-electron chi connectivity index (χ0n) is 23.4. The lowest BCUT2D eigenvalue weighted by Crippen LogP contribution is -2.50. The largest absolute Gasteiger partial charge is 0.543 e. The summed E-state index contributed by atoms with van der Waals surface area (Å²) in [6, 6.07) is 10.5. The van der Waals surface area contributed by atoms with E-state index in [4.69, 9.17) is 4.43 Å². The van der Waals surface area contributed by atoms with Gasteiger partial charge in [0.05, 0.1) is 11.7 Å². The van der Waals surface area contributed by atoms with Crippen molar-refractivity contribution in [1.29, 1.82) is 0 Å². The molecule has 1 unspecified atom stereocenters. The van der Waals surface area contributed by atoms with E-state index in [-0.39, 0.29) is 5.82 Å². The Balaban J connectivity index is 1.72. The van der Waals surface area contributed by atoms with E-state index in [0.717, 1.165) is 22.4 Å². The van der Waals surface area contributed by atoms with Crippen molar-refractivity contribution in [3.05, 3.63) is 64.5 Å². The molecule has 6 heteroatoms. The quantitative estimate of drug-likeness (QED) is 0.353. The highest BCUT2D eigenvalue weighted by Crippen LogP contribution is 2.44. The van der Waals surface area contributed by atoms with Gasteiger partial charge >= 0.3 is 0 Å². The van der Waals surface area contributed by atoms with Crippen LogP contribution in [0.15, 0.2) is 36.4 Å². The van der Waals surface area contributed by atoms with Crippen molar-refractivity contribution in [3.63, 3.8) is 0 Å². The Hall–Kier alpha value is -1.73. The summed E-state index contributed by atoms with van der Waals surface area (Å²) in [4.78, 5) is 2.19. The van der Waals surface area contributed by atoms with Crippen molar-refractivity contribution in [1.82, 2.24) is 4.90 Å². The fraction of sp³-hybridized carbons (Fsp3) is 0.600. The van der Waals surface area contributed by atoms with Crippen LogP contribution in [-0.2, 0) is 5.60 Å². The first-order chi connectivity index (χ1) is 16.8. The highest BCUT2D eigenvalue weighted by molar-refractivity contribution is 6.78. The monoisotopic (exact) mass is 515 g/mol. The summed E-state index contributed by atoms with van der Waals surface area (Å²) >= 11 is 0. The molecule has 1 atom stereocenters. The van der Waals surface area contributed by atoms with Crippen molar-refractivity contribution >= 4 is 8.32 Å². The third-order valence-corrected chi connectivity index (χ3v) is 14.4. The Kier molecular flexibility index (Phi) is 9.08. The molecular weight excluding hydrogens is 469 g/mol. The molecule has 36 heavy (non-hydrogen) atoms. The minimum absolute atomic E-state index is 0.327. The SMILES string of the molecule is Cc1cc(C(O)CN2CCC(O)(c3cccc(F)c3)CC2)c(C)cc1O[Si](C(C)C)(C(C)C)C(C)C. The fourth-order valence-electron chi connectivity index (χ4n) is 6.34. The maximum absolute atomic E-state index is 13.7. The van der Waals surface area contributed by atoms with E-state index >= 15 is 0 Å². The van der Waals surface area contributed by atoms with Gasteiger partial charge in [-0.05, 0) is 89.8 Å². The second kappa shape index (κ2) is 11.3. The molecule has 1 aliphatic heterocycles. The van der Waals surface area contributed by atoms with E-state index < -0.39 is 20.0 Å². The van der Waals surface area contributed by atoms with Crippen LogP contribution in [0.4, 0.5) is 4.39 Å². The first-order valence-electron chi connectivity index (χ1n) is 13.5. The maximum atomic E-state index is 13.7. The highest BCUT2D eigenvalue weighted by Gasteiger charge is 2.47. The molecule has 1 fully saturated rings. The number of piperidine rings is 1. The first-order valence-corrected chi connectivity index (χ1v) is 15.6. The first kappa shape index (κ1) is 28.8. The standard InChI is InChI=1S/C30H46FNO3Si/c1-20(2)36(21(3)4,22(5)6)35-29-17-23(7)27(16-24(29)8)28(33)19-32-14-12-30(34,13-15-32)25-10-9-11-26(31)18-25/h9-11,16-18,20-22,28,33-34H,12-15,19H2,1-8H3. The molecule has 0 bridgehead atoms. The molecule has 0 radical (unpaired) electrons. The van der Waals surface area contributed by atoms with Gasteiger partial charge in [0.25, 0.3) is 8.32 Å². The van der Waals surface area contributed by atoms with Crippen LogP contribution in [0.5, 0.6) is 5.75 Å². The number of aliphatic hydroxyl groups is 2. The smallest absolute Gasteiger partial charge is 0.258 e. The molecule has 1 saturated heterocycles. The van der Waals surface area contributed by atoms with Gasteiger partial charge in [-0.25, -0.2) is 4.39 Å². The molecule has 0 aromatic heterocycles. The second-order valence-electron chi connectivity index (χ2n) is 11.8. The van der Waals surface area contributed by atoms with Gasteiger partial charge in [0.1, 0.15) is 11.6 Å². The number of benzene rings is 2. The number of hydrogen-bond donors (Lipinski definition) is 2. The number of likely N-dealkylation sites (tertiary alicyclic amines) is 1. The number of nitrogens with zero attached hydrogens (tertiary/aromatic N) is 1. The molecule has 2 aromatic carbocycles. The lowest BCUT2D eigenvalue weighted by molar-refractivity contribution is -0.0347. The van der Waals surface area contributed by atoms with Crippen molar-refractivity contribution in [2.75, 3.05) is 19.6 Å². The van der Waals surface area contributed by atoms with Gasteiger partial charge in [0, 0.05) is 19.6 Å². The normalized spacial score (nSPS) is 17.7. The minimum atomic E-state index is -2.07. The van der Waals surface area contributed by atoms with Crippen molar-refractivity contribution in [2.45, 2.75) is 96.6 Å². The lowest BCUT2D eigenvalue weighted by Gasteiger charge is -2.42. The number of rotatable bonds is 9. The van der Waals surface area contributed by atoms with Gasteiger partial charge in [-0.3, -0.25) is 0 Å². The Morgan fingerprint density at radius 1 is 0.944 bits per heavy atom. The lowest BCUT2D eigenvalue weighted by atomic mass is 9.84. The summed E-state index contributed by atoms with van der Waals surface area (Å²) in [6.45, 7) is 19.7. The Bertz CT molecular complexity index is 1010. The highest BCUT2D eigenvalue weighted by atomic mass is 28.4. The van der Waals surface area contributed by atoms with Crippen LogP contribution in [0.3, 0.4) is 0 Å². The van der Waals surface area contributed by atoms with Crippen LogP contribution in [0.25, 0.3) is 0 Å². The van der Waals surface area contributed by atoms with E-state index in [1.807, 2.05) is 6.92 Å². The zero-order valence-corrected chi connectivity index (χ0v) is 24.4. The second-order valence-corrected chi connectivity index (χ2v) is 17.1. The Morgan fingerprint density at radius 3 is 2.06 bits per heavy atom. The molecule has 3 rings (SSSR count). The molecule has 0 spiro atoms. The summed E-state index contributed by atoms with van der Waals surface area (Å²) in [5.41, 5.74) is 4.12. The van der Waals surface area contributed by atoms with Crippen LogP contribution >= 0.6 is 0 Å². The molecule has 2 aromatic rings. The molecule has 200 valence electrons. The van der Waals surface area contributed by atoms with Gasteiger partial charge in [0.2, 0.25) is 0 Å². The molecular formula is C30H46FNO3Si. The molecule has 1 heterocycles. The van der Waals surface area contributed by atoms with E-state index in [1.54, 1.807) is 12.1 Å². The number of halogens is 1. The number of β-amino-alcohol motifs (C(OH)–C–C–N with tert-alkyl or cyclic N) is 1. The van der Waals surface area contributed by atoms with Gasteiger partial charge in [-0.1, -0.05) is 53.7 Å². The van der Waals surface area contributed by atoms with Crippen LogP contribution in [-0.4, -0.2) is 43.1 Å². The molecule has 0 saturated carbocycles. The average Bonchev–Trinajstić information content (AvgIpc) is 2.80. The summed E-state index contributed by atoms with van der Waals surface area (Å²) in [6.07, 6.45) is 0.404. The average molecular weight is 516 g/mol. The summed E-state index contributed by atoms with van der Waals surface area (Å²) in [7, 11) is -2.07. The number of aryl methyl sites for hydroxylation is 2. The summed E-state index contributed by atoms with van der Waals surface area (Å²) in [5.74, 6) is 0.622. The predicted octanol–water partition coefficient (Wildman–Crippen LogP) is 7.01. The van der Waals surface area contributed by atoms with Gasteiger partial charge in [0.15, 0.2) is 0 Å². The minimum Gasteiger partial charge on any atom is -0.543 e. The van der Waals surface area contributed by atoms with E-state index in [9.17, 15) is 14.6 Å². The maximum Gasteiger partial charge on any atom is 0.258 e. The summed E-state index contributed by atoms with van der Waals surface area (Å²) < 4.78 is 20.6.